The molecular formula is C26H26N4OS. The van der Waals surface area contributed by atoms with Crippen LogP contribution in [-0.4, -0.2) is 16.9 Å². The van der Waals surface area contributed by atoms with Crippen molar-refractivity contribution < 1.29 is 4.79 Å². The van der Waals surface area contributed by atoms with Crippen molar-refractivity contribution in [2.45, 2.75) is 25.6 Å². The number of nitrogens with two attached hydrogens (primary N) is 1. The van der Waals surface area contributed by atoms with Crippen molar-refractivity contribution in [1.82, 2.24) is 15.6 Å². The molecule has 1 aromatic heterocycles. The lowest BCUT2D eigenvalue weighted by Crippen LogP contribution is -2.45. The van der Waals surface area contributed by atoms with Crippen LogP contribution in [0.5, 0.6) is 0 Å². The normalized spacial score (nSPS) is 11.8. The summed E-state index contributed by atoms with van der Waals surface area (Å²) in [5.41, 5.74) is 10.9. The van der Waals surface area contributed by atoms with Crippen LogP contribution in [-0.2, 0) is 24.3 Å². The van der Waals surface area contributed by atoms with Gasteiger partial charge in [-0.05, 0) is 29.2 Å². The predicted molar refractivity (Wildman–Crippen MR) is 131 cm³/mol. The zero-order valence-corrected chi connectivity index (χ0v) is 18.5. The molecule has 0 saturated carbocycles. The van der Waals surface area contributed by atoms with E-state index in [4.69, 9.17) is 5.73 Å². The Kier molecular flexibility index (Phi) is 7.27. The third-order valence-corrected chi connectivity index (χ3v) is 5.88. The number of benzene rings is 3. The standard InChI is InChI=1S/C26H26N4OS/c27-26-30-24(18-32-26)22-13-7-12-21(14-22)17-29-25(31)23(15-19-8-3-1-4-9-19)28-16-20-10-5-2-6-11-20/h1-14,18,23,28H,15-17H2,(H2,27,30)(H,29,31). The zero-order valence-electron chi connectivity index (χ0n) is 17.7. The second-order valence-electron chi connectivity index (χ2n) is 7.60. The van der Waals surface area contributed by atoms with E-state index in [1.54, 1.807) is 0 Å². The number of hydrogen-bond acceptors (Lipinski definition) is 5. The fourth-order valence-corrected chi connectivity index (χ4v) is 4.09. The van der Waals surface area contributed by atoms with Gasteiger partial charge in [-0.15, -0.1) is 11.3 Å². The van der Waals surface area contributed by atoms with Crippen LogP contribution >= 0.6 is 11.3 Å². The Bertz CT molecular complexity index is 1140. The number of amides is 1. The number of aromatic nitrogens is 1. The summed E-state index contributed by atoms with van der Waals surface area (Å²) in [6, 6.07) is 27.9. The molecule has 4 rings (SSSR count). The molecule has 0 spiro atoms. The van der Waals surface area contributed by atoms with Crippen molar-refractivity contribution in [3.05, 3.63) is 107 Å². The van der Waals surface area contributed by atoms with Crippen LogP contribution in [0.1, 0.15) is 16.7 Å². The minimum atomic E-state index is -0.334. The maximum absolute atomic E-state index is 13.1. The van der Waals surface area contributed by atoms with Crippen molar-refractivity contribution in [1.29, 1.82) is 0 Å². The van der Waals surface area contributed by atoms with Gasteiger partial charge in [-0.3, -0.25) is 4.79 Å². The van der Waals surface area contributed by atoms with Crippen molar-refractivity contribution in [3.63, 3.8) is 0 Å². The number of hydrogen-bond donors (Lipinski definition) is 3. The monoisotopic (exact) mass is 442 g/mol. The summed E-state index contributed by atoms with van der Waals surface area (Å²) in [6.07, 6.45) is 0.623. The third-order valence-electron chi connectivity index (χ3n) is 5.21. The summed E-state index contributed by atoms with van der Waals surface area (Å²) >= 11 is 1.42. The lowest BCUT2D eigenvalue weighted by atomic mass is 10.0. The Morgan fingerprint density at radius 1 is 0.875 bits per heavy atom. The van der Waals surface area contributed by atoms with Gasteiger partial charge in [-0.2, -0.15) is 0 Å². The number of nitrogen functional groups attached to an aromatic ring is 1. The second kappa shape index (κ2) is 10.7. The third kappa shape index (κ3) is 6.03. The summed E-state index contributed by atoms with van der Waals surface area (Å²) in [5, 5.41) is 9.01. The van der Waals surface area contributed by atoms with Crippen molar-refractivity contribution in [3.8, 4) is 11.3 Å². The smallest absolute Gasteiger partial charge is 0.237 e. The highest BCUT2D eigenvalue weighted by molar-refractivity contribution is 7.13. The van der Waals surface area contributed by atoms with E-state index in [0.29, 0.717) is 24.6 Å². The number of thiazole rings is 1. The maximum Gasteiger partial charge on any atom is 0.237 e. The van der Waals surface area contributed by atoms with Crippen LogP contribution in [0.25, 0.3) is 11.3 Å². The molecule has 0 fully saturated rings. The van der Waals surface area contributed by atoms with E-state index >= 15 is 0 Å². The average molecular weight is 443 g/mol. The highest BCUT2D eigenvalue weighted by Crippen LogP contribution is 2.23. The SMILES string of the molecule is Nc1nc(-c2cccc(CNC(=O)C(Cc3ccccc3)NCc3ccccc3)c2)cs1. The quantitative estimate of drug-likeness (QED) is 0.359. The van der Waals surface area contributed by atoms with Crippen LogP contribution in [0, 0.1) is 0 Å². The van der Waals surface area contributed by atoms with Crippen LogP contribution in [0.15, 0.2) is 90.3 Å². The lowest BCUT2D eigenvalue weighted by Gasteiger charge is -2.19. The minimum absolute atomic E-state index is 0.0203. The average Bonchev–Trinajstić information content (AvgIpc) is 3.28. The first-order chi connectivity index (χ1) is 15.7. The zero-order chi connectivity index (χ0) is 22.2. The molecule has 5 nitrogen and oxygen atoms in total. The molecule has 1 heterocycles. The largest absolute Gasteiger partial charge is 0.375 e. The summed E-state index contributed by atoms with van der Waals surface area (Å²) in [5.74, 6) is -0.0203. The number of nitrogens with zero attached hydrogens (tertiary/aromatic N) is 1. The van der Waals surface area contributed by atoms with Gasteiger partial charge >= 0.3 is 0 Å². The number of nitrogens with one attached hydrogen (secondary N) is 2. The van der Waals surface area contributed by atoms with Gasteiger partial charge in [0.05, 0.1) is 11.7 Å². The van der Waals surface area contributed by atoms with E-state index in [9.17, 15) is 4.79 Å². The van der Waals surface area contributed by atoms with Crippen molar-refractivity contribution in [2.24, 2.45) is 0 Å². The molecule has 6 heteroatoms. The Morgan fingerprint density at radius 3 is 2.25 bits per heavy atom. The highest BCUT2D eigenvalue weighted by Gasteiger charge is 2.18. The van der Waals surface area contributed by atoms with Crippen LogP contribution in [0.2, 0.25) is 0 Å². The van der Waals surface area contributed by atoms with Crippen LogP contribution in [0.3, 0.4) is 0 Å². The van der Waals surface area contributed by atoms with Gasteiger partial charge in [-0.25, -0.2) is 4.98 Å². The fraction of sp³-hybridized carbons (Fsp3) is 0.154. The van der Waals surface area contributed by atoms with Gasteiger partial charge in [0.1, 0.15) is 0 Å². The van der Waals surface area contributed by atoms with Gasteiger partial charge in [0.25, 0.3) is 0 Å². The number of carbonyl (C=O) groups excluding carboxylic acids is 1. The molecule has 1 amide bonds. The second-order valence-corrected chi connectivity index (χ2v) is 8.49. The molecule has 4 aromatic rings. The summed E-state index contributed by atoms with van der Waals surface area (Å²) < 4.78 is 0. The van der Waals surface area contributed by atoms with Gasteiger partial charge < -0.3 is 16.4 Å². The topological polar surface area (TPSA) is 80.0 Å². The van der Waals surface area contributed by atoms with E-state index < -0.39 is 0 Å². The summed E-state index contributed by atoms with van der Waals surface area (Å²) in [6.45, 7) is 1.08. The lowest BCUT2D eigenvalue weighted by molar-refractivity contribution is -0.123. The number of anilines is 1. The van der Waals surface area contributed by atoms with E-state index in [-0.39, 0.29) is 11.9 Å². The number of carbonyl (C=O) groups is 1. The Hall–Kier alpha value is -3.48. The Labute approximate surface area is 192 Å². The van der Waals surface area contributed by atoms with Gasteiger partial charge in [0.15, 0.2) is 5.13 Å². The first-order valence-electron chi connectivity index (χ1n) is 10.6. The fourth-order valence-electron chi connectivity index (χ4n) is 3.52. The van der Waals surface area contributed by atoms with E-state index in [2.05, 4.69) is 27.8 Å². The van der Waals surface area contributed by atoms with E-state index in [0.717, 1.165) is 27.9 Å². The van der Waals surface area contributed by atoms with E-state index in [1.165, 1.54) is 11.3 Å². The minimum Gasteiger partial charge on any atom is -0.375 e. The summed E-state index contributed by atoms with van der Waals surface area (Å²) in [4.78, 5) is 17.4. The summed E-state index contributed by atoms with van der Waals surface area (Å²) in [7, 11) is 0. The Morgan fingerprint density at radius 2 is 1.56 bits per heavy atom. The molecular weight excluding hydrogens is 416 g/mol. The first-order valence-corrected chi connectivity index (χ1v) is 11.4. The molecule has 4 N–H and O–H groups in total. The molecule has 1 atom stereocenters. The Balaban J connectivity index is 1.42. The van der Waals surface area contributed by atoms with Crippen molar-refractivity contribution in [2.75, 3.05) is 5.73 Å². The number of rotatable bonds is 9. The molecule has 0 saturated heterocycles. The molecule has 0 aliphatic heterocycles. The van der Waals surface area contributed by atoms with Crippen LogP contribution in [0.4, 0.5) is 5.13 Å². The predicted octanol–water partition coefficient (Wildman–Crippen LogP) is 4.41. The van der Waals surface area contributed by atoms with Crippen molar-refractivity contribution >= 4 is 22.4 Å². The first kappa shape index (κ1) is 21.7. The maximum atomic E-state index is 13.1. The molecule has 1 unspecified atom stereocenters. The molecule has 32 heavy (non-hydrogen) atoms. The van der Waals surface area contributed by atoms with Gasteiger partial charge in [-0.1, -0.05) is 78.9 Å². The molecule has 0 aliphatic rings. The molecule has 0 bridgehead atoms. The van der Waals surface area contributed by atoms with Gasteiger partial charge in [0, 0.05) is 24.0 Å². The van der Waals surface area contributed by atoms with Gasteiger partial charge in [0.2, 0.25) is 5.91 Å². The molecule has 3 aromatic carbocycles. The van der Waals surface area contributed by atoms with Crippen LogP contribution < -0.4 is 16.4 Å². The van der Waals surface area contributed by atoms with E-state index in [1.807, 2.05) is 78.2 Å². The molecule has 0 aliphatic carbocycles. The highest BCUT2D eigenvalue weighted by atomic mass is 32.1. The molecule has 162 valence electrons. The molecule has 0 radical (unpaired) electrons.